The van der Waals surface area contributed by atoms with Gasteiger partial charge in [0.15, 0.2) is 0 Å². The Morgan fingerprint density at radius 3 is 2.64 bits per heavy atom. The van der Waals surface area contributed by atoms with Crippen molar-refractivity contribution in [1.29, 1.82) is 0 Å². The number of benzene rings is 1. The van der Waals surface area contributed by atoms with Gasteiger partial charge in [-0.1, -0.05) is 38.1 Å². The van der Waals surface area contributed by atoms with Crippen LogP contribution in [-0.2, 0) is 19.1 Å². The van der Waals surface area contributed by atoms with Crippen molar-refractivity contribution in [3.8, 4) is 5.75 Å². The van der Waals surface area contributed by atoms with Gasteiger partial charge in [-0.3, -0.25) is 9.59 Å². The molecule has 3 aliphatic rings. The molecule has 1 aromatic rings. The number of esters is 1. The summed E-state index contributed by atoms with van der Waals surface area (Å²) in [5.41, 5.74) is 0.298. The molecule has 1 amide bonds. The van der Waals surface area contributed by atoms with Crippen LogP contribution in [-0.4, -0.2) is 48.7 Å². The maximum atomic E-state index is 13.3. The van der Waals surface area contributed by atoms with Gasteiger partial charge in [-0.15, -0.1) is 0 Å². The molecule has 5 atom stereocenters. The average Bonchev–Trinajstić information content (AvgIpc) is 3.34. The molecular weight excluding hydrogens is 358 g/mol. The van der Waals surface area contributed by atoms with Crippen molar-refractivity contribution in [3.63, 3.8) is 0 Å². The molecule has 1 aromatic carbocycles. The lowest BCUT2D eigenvalue weighted by molar-refractivity contribution is -0.155. The van der Waals surface area contributed by atoms with Crippen LogP contribution in [0.5, 0.6) is 5.75 Å². The molecule has 4 rings (SSSR count). The monoisotopic (exact) mass is 385 g/mol. The molecule has 6 nitrogen and oxygen atoms in total. The summed E-state index contributed by atoms with van der Waals surface area (Å²) in [6.07, 6.45) is 3.51. The van der Waals surface area contributed by atoms with E-state index in [2.05, 4.69) is 0 Å². The van der Waals surface area contributed by atoms with Crippen LogP contribution in [0.1, 0.15) is 32.4 Å². The summed E-state index contributed by atoms with van der Waals surface area (Å²) in [5, 5.41) is 0. The average molecular weight is 385 g/mol. The Balaban J connectivity index is 1.56. The Morgan fingerprint density at radius 2 is 2.00 bits per heavy atom. The number of methoxy groups -OCH3 is 1. The SMILES string of the molecule is COc1ccc([C@@H](C)N2C[C@@]34C=C[C@H](O3)[C@@H](C(=O)OCC(C)C)[C@H]4C2=O)cc1. The highest BCUT2D eigenvalue weighted by Gasteiger charge is 2.67. The van der Waals surface area contributed by atoms with E-state index in [9.17, 15) is 9.59 Å². The van der Waals surface area contributed by atoms with E-state index in [1.54, 1.807) is 7.11 Å². The molecule has 0 saturated carbocycles. The van der Waals surface area contributed by atoms with Gasteiger partial charge in [0.1, 0.15) is 17.3 Å². The van der Waals surface area contributed by atoms with E-state index >= 15 is 0 Å². The Morgan fingerprint density at radius 1 is 1.29 bits per heavy atom. The van der Waals surface area contributed by atoms with Crippen LogP contribution in [0.15, 0.2) is 36.4 Å². The third-order valence-electron chi connectivity index (χ3n) is 6.03. The molecule has 0 aliphatic carbocycles. The highest BCUT2D eigenvalue weighted by molar-refractivity contribution is 5.91. The molecule has 150 valence electrons. The summed E-state index contributed by atoms with van der Waals surface area (Å²) in [5.74, 6) is -0.424. The zero-order valence-electron chi connectivity index (χ0n) is 16.8. The van der Waals surface area contributed by atoms with Crippen molar-refractivity contribution >= 4 is 11.9 Å². The molecular formula is C22H27NO5. The number of amides is 1. The molecule has 2 fully saturated rings. The Hall–Kier alpha value is -2.34. The van der Waals surface area contributed by atoms with Crippen LogP contribution in [0.25, 0.3) is 0 Å². The molecule has 3 aliphatic heterocycles. The lowest BCUT2D eigenvalue weighted by Crippen LogP contribution is -2.40. The number of rotatable bonds is 6. The molecule has 28 heavy (non-hydrogen) atoms. The quantitative estimate of drug-likeness (QED) is 0.557. The van der Waals surface area contributed by atoms with E-state index in [1.807, 2.05) is 62.1 Å². The van der Waals surface area contributed by atoms with Crippen molar-refractivity contribution in [2.75, 3.05) is 20.3 Å². The van der Waals surface area contributed by atoms with E-state index in [4.69, 9.17) is 14.2 Å². The number of carbonyl (C=O) groups is 2. The van der Waals surface area contributed by atoms with E-state index in [-0.39, 0.29) is 29.9 Å². The van der Waals surface area contributed by atoms with E-state index in [1.165, 1.54) is 0 Å². The normalized spacial score (nSPS) is 31.4. The molecule has 0 aromatic heterocycles. The minimum atomic E-state index is -0.718. The number of hydrogen-bond acceptors (Lipinski definition) is 5. The number of fused-ring (bicyclic) bond motifs is 1. The molecule has 2 saturated heterocycles. The molecule has 0 radical (unpaired) electrons. The predicted octanol–water partition coefficient (Wildman–Crippen LogP) is 2.74. The van der Waals surface area contributed by atoms with Crippen LogP contribution in [0.3, 0.4) is 0 Å². The van der Waals surface area contributed by atoms with Gasteiger partial charge >= 0.3 is 5.97 Å². The van der Waals surface area contributed by atoms with Crippen LogP contribution < -0.4 is 4.74 Å². The van der Waals surface area contributed by atoms with Gasteiger partial charge in [-0.05, 0) is 30.5 Å². The largest absolute Gasteiger partial charge is 0.497 e. The lowest BCUT2D eigenvalue weighted by Gasteiger charge is -2.27. The Kier molecular flexibility index (Phi) is 4.70. The first-order valence-electron chi connectivity index (χ1n) is 9.84. The molecule has 0 unspecified atom stereocenters. The summed E-state index contributed by atoms with van der Waals surface area (Å²) in [6, 6.07) is 7.58. The number of carbonyl (C=O) groups excluding carboxylic acids is 2. The van der Waals surface area contributed by atoms with Crippen molar-refractivity contribution in [2.24, 2.45) is 17.8 Å². The third-order valence-corrected chi connectivity index (χ3v) is 6.03. The first kappa shape index (κ1) is 19.0. The van der Waals surface area contributed by atoms with E-state index in [0.29, 0.717) is 13.2 Å². The highest BCUT2D eigenvalue weighted by atomic mass is 16.6. The first-order chi connectivity index (χ1) is 13.4. The fourth-order valence-electron chi connectivity index (χ4n) is 4.53. The molecule has 2 bridgehead atoms. The number of ether oxygens (including phenoxy) is 3. The fourth-order valence-corrected chi connectivity index (χ4v) is 4.53. The second kappa shape index (κ2) is 6.92. The standard InChI is InChI=1S/C22H27NO5/c1-13(2)11-27-21(25)18-17-9-10-22(28-17)12-23(20(24)19(18)22)14(3)15-5-7-16(26-4)8-6-15/h5-10,13-14,17-19H,11-12H2,1-4H3/t14-,17+,18-,19+,22-/m1/s1. The first-order valence-corrected chi connectivity index (χ1v) is 9.84. The highest BCUT2D eigenvalue weighted by Crippen LogP contribution is 2.53. The minimum Gasteiger partial charge on any atom is -0.497 e. The van der Waals surface area contributed by atoms with E-state index in [0.717, 1.165) is 11.3 Å². The maximum Gasteiger partial charge on any atom is 0.312 e. The lowest BCUT2D eigenvalue weighted by atomic mass is 9.77. The van der Waals surface area contributed by atoms with Gasteiger partial charge in [-0.25, -0.2) is 0 Å². The third kappa shape index (κ3) is 2.91. The predicted molar refractivity (Wildman–Crippen MR) is 103 cm³/mol. The number of hydrogen-bond donors (Lipinski definition) is 0. The molecule has 6 heteroatoms. The Bertz CT molecular complexity index is 802. The number of likely N-dealkylation sites (tertiary alicyclic amines) is 1. The minimum absolute atomic E-state index is 0.0401. The fraction of sp³-hybridized carbons (Fsp3) is 0.545. The summed E-state index contributed by atoms with van der Waals surface area (Å²) in [6.45, 7) is 6.78. The summed E-state index contributed by atoms with van der Waals surface area (Å²) < 4.78 is 16.8. The van der Waals surface area contributed by atoms with Crippen molar-refractivity contribution in [1.82, 2.24) is 4.90 Å². The second-order valence-electron chi connectivity index (χ2n) is 8.34. The zero-order valence-corrected chi connectivity index (χ0v) is 16.8. The summed E-state index contributed by atoms with van der Waals surface area (Å²) >= 11 is 0. The van der Waals surface area contributed by atoms with Crippen LogP contribution in [0.2, 0.25) is 0 Å². The van der Waals surface area contributed by atoms with Crippen molar-refractivity contribution in [2.45, 2.75) is 38.5 Å². The topological polar surface area (TPSA) is 65.1 Å². The van der Waals surface area contributed by atoms with Crippen LogP contribution in [0, 0.1) is 17.8 Å². The van der Waals surface area contributed by atoms with Gasteiger partial charge in [0.25, 0.3) is 0 Å². The smallest absolute Gasteiger partial charge is 0.312 e. The molecule has 1 spiro atoms. The van der Waals surface area contributed by atoms with E-state index < -0.39 is 17.4 Å². The summed E-state index contributed by atoms with van der Waals surface area (Å²) in [4.78, 5) is 27.9. The molecule has 3 heterocycles. The second-order valence-corrected chi connectivity index (χ2v) is 8.34. The maximum absolute atomic E-state index is 13.3. The Labute approximate surface area is 165 Å². The van der Waals surface area contributed by atoms with Gasteiger partial charge in [0.05, 0.1) is 38.3 Å². The van der Waals surface area contributed by atoms with Gasteiger partial charge in [0, 0.05) is 0 Å². The van der Waals surface area contributed by atoms with Gasteiger partial charge in [-0.2, -0.15) is 0 Å². The van der Waals surface area contributed by atoms with Crippen LogP contribution >= 0.6 is 0 Å². The zero-order chi connectivity index (χ0) is 20.1. The van der Waals surface area contributed by atoms with Crippen molar-refractivity contribution < 1.29 is 23.8 Å². The summed E-state index contributed by atoms with van der Waals surface area (Å²) in [7, 11) is 1.63. The van der Waals surface area contributed by atoms with Crippen LogP contribution in [0.4, 0.5) is 0 Å². The van der Waals surface area contributed by atoms with Gasteiger partial charge < -0.3 is 19.1 Å². The van der Waals surface area contributed by atoms with Gasteiger partial charge in [0.2, 0.25) is 5.91 Å². The number of nitrogens with zero attached hydrogens (tertiary/aromatic N) is 1. The van der Waals surface area contributed by atoms with Crippen molar-refractivity contribution in [3.05, 3.63) is 42.0 Å². The molecule has 0 N–H and O–H groups in total.